The van der Waals surface area contributed by atoms with Gasteiger partial charge in [-0.05, 0) is 30.3 Å². The highest BCUT2D eigenvalue weighted by molar-refractivity contribution is 7.98. The van der Waals surface area contributed by atoms with Gasteiger partial charge >= 0.3 is 0 Å². The molecule has 2 rings (SSSR count). The van der Waals surface area contributed by atoms with Crippen molar-refractivity contribution >= 4 is 46.3 Å². The van der Waals surface area contributed by atoms with Gasteiger partial charge in [0.2, 0.25) is 0 Å². The van der Waals surface area contributed by atoms with E-state index in [-0.39, 0.29) is 5.69 Å². The Morgan fingerprint density at radius 1 is 1.15 bits per heavy atom. The molecule has 0 radical (unpaired) electrons. The van der Waals surface area contributed by atoms with Gasteiger partial charge in [-0.15, -0.1) is 11.8 Å². The Morgan fingerprint density at radius 2 is 1.80 bits per heavy atom. The lowest BCUT2D eigenvalue weighted by atomic mass is 10.2. The maximum atomic E-state index is 11.0. The summed E-state index contributed by atoms with van der Waals surface area (Å²) >= 11 is 13.0. The molecule has 0 amide bonds. The van der Waals surface area contributed by atoms with Crippen LogP contribution in [0.5, 0.6) is 0 Å². The molecular formula is C13H10Cl2N2O2S. The molecule has 0 aliphatic carbocycles. The first-order valence-corrected chi connectivity index (χ1v) is 7.32. The van der Waals surface area contributed by atoms with E-state index in [1.165, 1.54) is 17.8 Å². The minimum atomic E-state index is -0.438. The van der Waals surface area contributed by atoms with Crippen molar-refractivity contribution in [3.8, 4) is 0 Å². The predicted molar refractivity (Wildman–Crippen MR) is 83.5 cm³/mol. The molecule has 2 aromatic carbocycles. The molecule has 0 atom stereocenters. The minimum absolute atomic E-state index is 0.0116. The van der Waals surface area contributed by atoms with Gasteiger partial charge in [-0.3, -0.25) is 10.1 Å². The first-order valence-electron chi connectivity index (χ1n) is 5.58. The van der Waals surface area contributed by atoms with Gasteiger partial charge in [-0.1, -0.05) is 23.2 Å². The Balaban J connectivity index is 2.20. The number of nitrogen functional groups attached to an aromatic ring is 1. The SMILES string of the molecule is Nc1cc(Cl)ccc1SCc1ccc(Cl)cc1[N+](=O)[O-]. The lowest BCUT2D eigenvalue weighted by Gasteiger charge is -2.06. The second-order valence-electron chi connectivity index (χ2n) is 4.00. The van der Waals surface area contributed by atoms with E-state index in [0.717, 1.165) is 4.90 Å². The molecule has 4 nitrogen and oxygen atoms in total. The van der Waals surface area contributed by atoms with Gasteiger partial charge in [0.1, 0.15) is 0 Å². The molecule has 2 aromatic rings. The topological polar surface area (TPSA) is 69.2 Å². The molecule has 0 bridgehead atoms. The fourth-order valence-electron chi connectivity index (χ4n) is 1.64. The van der Waals surface area contributed by atoms with Gasteiger partial charge in [-0.2, -0.15) is 0 Å². The van der Waals surface area contributed by atoms with Crippen LogP contribution in [-0.2, 0) is 5.75 Å². The zero-order valence-electron chi connectivity index (χ0n) is 10.2. The molecule has 0 heterocycles. The second-order valence-corrected chi connectivity index (χ2v) is 5.89. The number of thioether (sulfide) groups is 1. The van der Waals surface area contributed by atoms with Crippen LogP contribution >= 0.6 is 35.0 Å². The summed E-state index contributed by atoms with van der Waals surface area (Å²) in [5.74, 6) is 0.430. The van der Waals surface area contributed by atoms with E-state index in [1.807, 2.05) is 0 Å². The molecule has 0 aliphatic rings. The summed E-state index contributed by atoms with van der Waals surface area (Å²) in [5, 5.41) is 11.9. The van der Waals surface area contributed by atoms with Gasteiger partial charge < -0.3 is 5.73 Å². The van der Waals surface area contributed by atoms with Crippen LogP contribution in [0.3, 0.4) is 0 Å². The zero-order valence-corrected chi connectivity index (χ0v) is 12.5. The van der Waals surface area contributed by atoms with Crippen LogP contribution in [0.15, 0.2) is 41.3 Å². The number of nitro benzene ring substituents is 1. The van der Waals surface area contributed by atoms with Crippen molar-refractivity contribution in [1.29, 1.82) is 0 Å². The number of nitro groups is 1. The van der Waals surface area contributed by atoms with Crippen LogP contribution in [0.25, 0.3) is 0 Å². The molecule has 20 heavy (non-hydrogen) atoms. The largest absolute Gasteiger partial charge is 0.398 e. The van der Waals surface area contributed by atoms with E-state index in [1.54, 1.807) is 30.3 Å². The molecule has 104 valence electrons. The second kappa shape index (κ2) is 6.35. The molecule has 0 aliphatic heterocycles. The Bertz CT molecular complexity index is 665. The van der Waals surface area contributed by atoms with Crippen LogP contribution in [-0.4, -0.2) is 4.92 Å². The average Bonchev–Trinajstić information content (AvgIpc) is 2.38. The quantitative estimate of drug-likeness (QED) is 0.379. The van der Waals surface area contributed by atoms with Crippen molar-refractivity contribution in [3.05, 3.63) is 62.1 Å². The molecule has 0 aromatic heterocycles. The monoisotopic (exact) mass is 328 g/mol. The Hall–Kier alpha value is -1.43. The smallest absolute Gasteiger partial charge is 0.274 e. The van der Waals surface area contributed by atoms with Crippen molar-refractivity contribution in [2.45, 2.75) is 10.6 Å². The van der Waals surface area contributed by atoms with Crippen molar-refractivity contribution in [2.75, 3.05) is 5.73 Å². The lowest BCUT2D eigenvalue weighted by molar-refractivity contribution is -0.385. The zero-order chi connectivity index (χ0) is 14.7. The van der Waals surface area contributed by atoms with Crippen molar-refractivity contribution < 1.29 is 4.92 Å². The number of nitrogens with two attached hydrogens (primary N) is 1. The number of hydrogen-bond acceptors (Lipinski definition) is 4. The molecule has 0 unspecified atom stereocenters. The normalized spacial score (nSPS) is 10.5. The number of halogens is 2. The molecule has 0 spiro atoms. The van der Waals surface area contributed by atoms with Crippen LogP contribution in [0.4, 0.5) is 11.4 Å². The van der Waals surface area contributed by atoms with Gasteiger partial charge in [0.15, 0.2) is 0 Å². The third-order valence-corrected chi connectivity index (χ3v) is 4.21. The maximum Gasteiger partial charge on any atom is 0.274 e. The summed E-state index contributed by atoms with van der Waals surface area (Å²) in [6, 6.07) is 9.82. The molecule has 0 saturated carbocycles. The van der Waals surface area contributed by atoms with Crippen molar-refractivity contribution in [3.63, 3.8) is 0 Å². The molecule has 7 heteroatoms. The Labute approximate surface area is 130 Å². The first kappa shape index (κ1) is 15.0. The van der Waals surface area contributed by atoms with Crippen LogP contribution in [0.1, 0.15) is 5.56 Å². The van der Waals surface area contributed by atoms with Crippen molar-refractivity contribution in [1.82, 2.24) is 0 Å². The maximum absolute atomic E-state index is 11.0. The molecule has 0 saturated heterocycles. The lowest BCUT2D eigenvalue weighted by Crippen LogP contribution is -1.95. The summed E-state index contributed by atoms with van der Waals surface area (Å²) in [4.78, 5) is 11.4. The number of rotatable bonds is 4. The number of benzene rings is 2. The highest BCUT2D eigenvalue weighted by atomic mass is 35.5. The first-order chi connectivity index (χ1) is 9.47. The van der Waals surface area contributed by atoms with Gasteiger partial charge in [0.05, 0.1) is 4.92 Å². The molecular weight excluding hydrogens is 319 g/mol. The number of hydrogen-bond donors (Lipinski definition) is 1. The van der Waals surface area contributed by atoms with Crippen LogP contribution in [0, 0.1) is 10.1 Å². The van der Waals surface area contributed by atoms with E-state index in [9.17, 15) is 10.1 Å². The van der Waals surface area contributed by atoms with E-state index in [0.29, 0.717) is 27.0 Å². The van der Waals surface area contributed by atoms with Gasteiger partial charge in [0.25, 0.3) is 5.69 Å². The summed E-state index contributed by atoms with van der Waals surface area (Å²) in [7, 11) is 0. The highest BCUT2D eigenvalue weighted by Crippen LogP contribution is 2.33. The fourth-order valence-corrected chi connectivity index (χ4v) is 2.93. The third-order valence-electron chi connectivity index (χ3n) is 2.60. The summed E-state index contributed by atoms with van der Waals surface area (Å²) in [6.07, 6.45) is 0. The van der Waals surface area contributed by atoms with Crippen LogP contribution < -0.4 is 5.73 Å². The van der Waals surface area contributed by atoms with E-state index < -0.39 is 4.92 Å². The number of anilines is 1. The van der Waals surface area contributed by atoms with E-state index in [4.69, 9.17) is 28.9 Å². The van der Waals surface area contributed by atoms with Crippen LogP contribution in [0.2, 0.25) is 10.0 Å². The fraction of sp³-hybridized carbons (Fsp3) is 0.0769. The standard InChI is InChI=1S/C13H10Cl2N2O2S/c14-9-3-4-13(11(16)5-9)20-7-8-1-2-10(15)6-12(8)17(18)19/h1-6H,7,16H2. The summed E-state index contributed by atoms with van der Waals surface area (Å²) in [6.45, 7) is 0. The average molecular weight is 329 g/mol. The highest BCUT2D eigenvalue weighted by Gasteiger charge is 2.14. The van der Waals surface area contributed by atoms with Gasteiger partial charge in [0, 0.05) is 38.0 Å². The Kier molecular flexibility index (Phi) is 4.75. The number of nitrogens with zero attached hydrogens (tertiary/aromatic N) is 1. The summed E-state index contributed by atoms with van der Waals surface area (Å²) < 4.78 is 0. The van der Waals surface area contributed by atoms with Crippen molar-refractivity contribution in [2.24, 2.45) is 0 Å². The third kappa shape index (κ3) is 3.56. The van der Waals surface area contributed by atoms with E-state index in [2.05, 4.69) is 0 Å². The van der Waals surface area contributed by atoms with Gasteiger partial charge in [-0.25, -0.2) is 0 Å². The Morgan fingerprint density at radius 3 is 2.45 bits per heavy atom. The molecule has 2 N–H and O–H groups in total. The van der Waals surface area contributed by atoms with E-state index >= 15 is 0 Å². The summed E-state index contributed by atoms with van der Waals surface area (Å²) in [5.41, 5.74) is 7.01. The predicted octanol–water partition coefficient (Wildman–Crippen LogP) is 4.78. The molecule has 0 fully saturated rings. The minimum Gasteiger partial charge on any atom is -0.398 e.